The Bertz CT molecular complexity index is 421. The maximum absolute atomic E-state index is 11.1. The first kappa shape index (κ1) is 15.3. The van der Waals surface area contributed by atoms with Crippen molar-refractivity contribution in [2.45, 2.75) is 32.9 Å². The molecule has 1 rings (SSSR count). The fourth-order valence-corrected chi connectivity index (χ4v) is 1.95. The summed E-state index contributed by atoms with van der Waals surface area (Å²) in [6, 6.07) is 4.74. The average molecular weight is 290 g/mol. The fraction of sp³-hybridized carbons (Fsp3) is 0.462. The molecule has 0 fully saturated rings. The third kappa shape index (κ3) is 4.84. The molecular weight excluding hydrogens is 273 g/mol. The van der Waals surface area contributed by atoms with Crippen molar-refractivity contribution in [1.29, 1.82) is 0 Å². The molecular formula is C13H17Cl2NO2. The van der Waals surface area contributed by atoms with Gasteiger partial charge in [0.15, 0.2) is 0 Å². The van der Waals surface area contributed by atoms with Crippen LogP contribution in [-0.4, -0.2) is 17.1 Å². The van der Waals surface area contributed by atoms with Crippen LogP contribution in [0.3, 0.4) is 0 Å². The van der Waals surface area contributed by atoms with Gasteiger partial charge in [0.05, 0.1) is 10.0 Å². The van der Waals surface area contributed by atoms with Crippen molar-refractivity contribution < 1.29 is 9.90 Å². The lowest BCUT2D eigenvalue weighted by atomic mass is 10.0. The lowest BCUT2D eigenvalue weighted by molar-refractivity contribution is -0.140. The first-order valence-electron chi connectivity index (χ1n) is 5.80. The van der Waals surface area contributed by atoms with Gasteiger partial charge < -0.3 is 10.4 Å². The molecule has 1 aromatic rings. The number of hydrogen-bond donors (Lipinski definition) is 2. The van der Waals surface area contributed by atoms with Gasteiger partial charge in [0.25, 0.3) is 0 Å². The van der Waals surface area contributed by atoms with E-state index in [0.717, 1.165) is 5.56 Å². The van der Waals surface area contributed by atoms with Crippen molar-refractivity contribution in [3.8, 4) is 0 Å². The second-order valence-corrected chi connectivity index (χ2v) is 5.46. The Kier molecular flexibility index (Phi) is 5.93. The summed E-state index contributed by atoms with van der Waals surface area (Å²) in [6.07, 6.45) is 0.594. The Morgan fingerprint density at radius 2 is 2.00 bits per heavy atom. The van der Waals surface area contributed by atoms with Crippen LogP contribution in [0.25, 0.3) is 0 Å². The zero-order valence-corrected chi connectivity index (χ0v) is 11.9. The summed E-state index contributed by atoms with van der Waals surface area (Å²) >= 11 is 11.7. The summed E-state index contributed by atoms with van der Waals surface area (Å²) in [5.74, 6) is -0.504. The molecule has 0 saturated carbocycles. The van der Waals surface area contributed by atoms with E-state index in [0.29, 0.717) is 28.9 Å². The Morgan fingerprint density at radius 1 is 1.33 bits per heavy atom. The molecule has 1 aromatic carbocycles. The highest BCUT2D eigenvalue weighted by molar-refractivity contribution is 6.42. The van der Waals surface area contributed by atoms with Crippen LogP contribution in [0.15, 0.2) is 18.2 Å². The lowest BCUT2D eigenvalue weighted by Crippen LogP contribution is -2.37. The van der Waals surface area contributed by atoms with E-state index in [2.05, 4.69) is 5.32 Å². The zero-order valence-electron chi connectivity index (χ0n) is 10.4. The van der Waals surface area contributed by atoms with Gasteiger partial charge in [-0.1, -0.05) is 43.1 Å². The maximum atomic E-state index is 11.1. The van der Waals surface area contributed by atoms with Crippen LogP contribution in [0.5, 0.6) is 0 Å². The number of rotatable bonds is 6. The van der Waals surface area contributed by atoms with E-state index in [-0.39, 0.29) is 0 Å². The molecule has 2 N–H and O–H groups in total. The normalized spacial score (nSPS) is 12.7. The van der Waals surface area contributed by atoms with E-state index in [9.17, 15) is 4.79 Å². The van der Waals surface area contributed by atoms with Gasteiger partial charge in [-0.25, -0.2) is 0 Å². The second kappa shape index (κ2) is 6.98. The van der Waals surface area contributed by atoms with E-state index < -0.39 is 12.0 Å². The molecule has 0 aliphatic rings. The summed E-state index contributed by atoms with van der Waals surface area (Å²) in [7, 11) is 0. The molecule has 0 aliphatic carbocycles. The first-order valence-corrected chi connectivity index (χ1v) is 6.56. The van der Waals surface area contributed by atoms with E-state index in [4.69, 9.17) is 28.3 Å². The Hall–Kier alpha value is -0.770. The van der Waals surface area contributed by atoms with Gasteiger partial charge in [-0.2, -0.15) is 0 Å². The maximum Gasteiger partial charge on any atom is 0.320 e. The van der Waals surface area contributed by atoms with Gasteiger partial charge in [-0.3, -0.25) is 4.79 Å². The number of nitrogens with one attached hydrogen (secondary N) is 1. The van der Waals surface area contributed by atoms with Crippen LogP contribution in [-0.2, 0) is 11.3 Å². The van der Waals surface area contributed by atoms with Crippen molar-refractivity contribution in [2.24, 2.45) is 5.92 Å². The van der Waals surface area contributed by atoms with Crippen LogP contribution in [0, 0.1) is 5.92 Å². The van der Waals surface area contributed by atoms with Crippen molar-refractivity contribution in [3.05, 3.63) is 33.8 Å². The van der Waals surface area contributed by atoms with E-state index in [1.165, 1.54) is 0 Å². The van der Waals surface area contributed by atoms with Crippen LogP contribution in [0.4, 0.5) is 0 Å². The molecule has 0 heterocycles. The number of carbonyl (C=O) groups is 1. The molecule has 0 unspecified atom stereocenters. The van der Waals surface area contributed by atoms with Gasteiger partial charge in [0, 0.05) is 6.54 Å². The van der Waals surface area contributed by atoms with Crippen molar-refractivity contribution >= 4 is 29.2 Å². The van der Waals surface area contributed by atoms with E-state index in [1.54, 1.807) is 12.1 Å². The third-order valence-corrected chi connectivity index (χ3v) is 3.28. The van der Waals surface area contributed by atoms with Gasteiger partial charge in [0.1, 0.15) is 6.04 Å². The van der Waals surface area contributed by atoms with Gasteiger partial charge in [0.2, 0.25) is 0 Å². The summed E-state index contributed by atoms with van der Waals surface area (Å²) in [6.45, 7) is 4.45. The highest BCUT2D eigenvalue weighted by Crippen LogP contribution is 2.22. The van der Waals surface area contributed by atoms with Crippen molar-refractivity contribution in [3.63, 3.8) is 0 Å². The topological polar surface area (TPSA) is 49.3 Å². The molecule has 100 valence electrons. The van der Waals surface area contributed by atoms with Gasteiger partial charge in [-0.15, -0.1) is 0 Å². The number of benzene rings is 1. The number of carboxylic acids is 1. The quantitative estimate of drug-likeness (QED) is 0.842. The molecule has 0 aromatic heterocycles. The van der Waals surface area contributed by atoms with Crippen molar-refractivity contribution in [2.75, 3.05) is 0 Å². The zero-order chi connectivity index (χ0) is 13.7. The number of halogens is 2. The third-order valence-electron chi connectivity index (χ3n) is 2.54. The fourth-order valence-electron chi connectivity index (χ4n) is 1.63. The first-order chi connectivity index (χ1) is 8.40. The largest absolute Gasteiger partial charge is 0.480 e. The Balaban J connectivity index is 2.61. The molecule has 0 aliphatic heterocycles. The molecule has 0 saturated heterocycles. The highest BCUT2D eigenvalue weighted by atomic mass is 35.5. The highest BCUT2D eigenvalue weighted by Gasteiger charge is 2.17. The van der Waals surface area contributed by atoms with Crippen molar-refractivity contribution in [1.82, 2.24) is 5.32 Å². The smallest absolute Gasteiger partial charge is 0.320 e. The average Bonchev–Trinajstić information content (AvgIpc) is 2.28. The summed E-state index contributed by atoms with van der Waals surface area (Å²) < 4.78 is 0. The van der Waals surface area contributed by atoms with E-state index in [1.807, 2.05) is 19.9 Å². The summed E-state index contributed by atoms with van der Waals surface area (Å²) in [5, 5.41) is 13.1. The Morgan fingerprint density at radius 3 is 2.50 bits per heavy atom. The molecule has 18 heavy (non-hydrogen) atoms. The van der Waals surface area contributed by atoms with Gasteiger partial charge in [-0.05, 0) is 30.0 Å². The van der Waals surface area contributed by atoms with Crippen LogP contribution in [0.2, 0.25) is 10.0 Å². The minimum Gasteiger partial charge on any atom is -0.480 e. The molecule has 0 amide bonds. The Labute approximate surface area is 117 Å². The predicted molar refractivity (Wildman–Crippen MR) is 74.2 cm³/mol. The van der Waals surface area contributed by atoms with Crippen LogP contribution < -0.4 is 5.32 Å². The molecule has 5 heteroatoms. The molecule has 1 atom stereocenters. The standard InChI is InChI=1S/C13H17Cl2NO2/c1-8(2)5-12(13(17)18)16-7-9-3-4-10(14)11(15)6-9/h3-4,6,8,12,16H,5,7H2,1-2H3,(H,17,18)/t12-/m0/s1. The molecule has 0 radical (unpaired) electrons. The molecule has 3 nitrogen and oxygen atoms in total. The predicted octanol–water partition coefficient (Wildman–Crippen LogP) is 3.58. The van der Waals surface area contributed by atoms with Crippen LogP contribution in [0.1, 0.15) is 25.8 Å². The monoisotopic (exact) mass is 289 g/mol. The number of hydrogen-bond acceptors (Lipinski definition) is 2. The minimum absolute atomic E-state index is 0.326. The SMILES string of the molecule is CC(C)C[C@H](NCc1ccc(Cl)c(Cl)c1)C(=O)O. The lowest BCUT2D eigenvalue weighted by Gasteiger charge is -2.16. The summed E-state index contributed by atoms with van der Waals surface area (Å²) in [4.78, 5) is 11.1. The number of aliphatic carboxylic acids is 1. The number of carboxylic acid groups (broad SMARTS) is 1. The summed E-state index contributed by atoms with van der Waals surface area (Å²) in [5.41, 5.74) is 0.916. The van der Waals surface area contributed by atoms with Crippen LogP contribution >= 0.6 is 23.2 Å². The van der Waals surface area contributed by atoms with E-state index >= 15 is 0 Å². The molecule has 0 spiro atoms. The second-order valence-electron chi connectivity index (χ2n) is 4.65. The minimum atomic E-state index is -0.830. The molecule has 0 bridgehead atoms. The van der Waals surface area contributed by atoms with Gasteiger partial charge >= 0.3 is 5.97 Å².